The highest BCUT2D eigenvalue weighted by Crippen LogP contribution is 2.26. The smallest absolute Gasteiger partial charge is 0.277 e. The Morgan fingerprint density at radius 1 is 1.39 bits per heavy atom. The van der Waals surface area contributed by atoms with Crippen molar-refractivity contribution in [3.8, 4) is 5.75 Å². The van der Waals surface area contributed by atoms with Gasteiger partial charge in [0, 0.05) is 11.3 Å². The van der Waals surface area contributed by atoms with Crippen LogP contribution in [0.1, 0.15) is 29.4 Å². The number of amides is 1. The Bertz CT molecular complexity index is 999. The van der Waals surface area contributed by atoms with Gasteiger partial charge in [-0.25, -0.2) is 18.2 Å². The van der Waals surface area contributed by atoms with Crippen LogP contribution >= 0.6 is 0 Å². The molecule has 0 aliphatic carbocycles. The molecule has 150 valence electrons. The number of benzene rings is 1. The zero-order chi connectivity index (χ0) is 20.3. The number of rotatable bonds is 6. The Morgan fingerprint density at radius 3 is 2.75 bits per heavy atom. The molecule has 1 N–H and O–H groups in total. The number of ether oxygens (including phenoxy) is 1. The maximum atomic E-state index is 12.8. The average molecular weight is 408 g/mol. The van der Waals surface area contributed by atoms with E-state index in [1.807, 2.05) is 6.92 Å². The summed E-state index contributed by atoms with van der Waals surface area (Å²) in [6, 6.07) is 5.16. The predicted octanol–water partition coefficient (Wildman–Crippen LogP) is 1.53. The molecule has 3 rings (SSSR count). The normalized spacial score (nSPS) is 18.5. The van der Waals surface area contributed by atoms with Crippen LogP contribution in [-0.2, 0) is 14.6 Å². The number of aromatic nitrogens is 2. The van der Waals surface area contributed by atoms with Gasteiger partial charge < -0.3 is 4.74 Å². The predicted molar refractivity (Wildman–Crippen MR) is 102 cm³/mol. The third-order valence-electron chi connectivity index (χ3n) is 4.50. The van der Waals surface area contributed by atoms with Gasteiger partial charge in [0.2, 0.25) is 0 Å². The molecular formula is C18H21FN4O4S. The summed E-state index contributed by atoms with van der Waals surface area (Å²) in [7, 11) is -3.01. The molecule has 8 nitrogen and oxygen atoms in total. The number of nitrogens with one attached hydrogen (secondary N) is 1. The van der Waals surface area contributed by atoms with Gasteiger partial charge in [-0.05, 0) is 44.5 Å². The minimum absolute atomic E-state index is 0.0863. The van der Waals surface area contributed by atoms with Gasteiger partial charge in [-0.2, -0.15) is 10.2 Å². The fraction of sp³-hybridized carbons (Fsp3) is 0.389. The average Bonchev–Trinajstić information content (AvgIpc) is 3.14. The number of aryl methyl sites for hydroxylation is 1. The van der Waals surface area contributed by atoms with Crippen LogP contribution in [0, 0.1) is 19.7 Å². The molecule has 0 radical (unpaired) electrons. The first-order chi connectivity index (χ1) is 13.2. The van der Waals surface area contributed by atoms with Crippen molar-refractivity contribution < 1.29 is 22.3 Å². The molecule has 2 heterocycles. The maximum Gasteiger partial charge on any atom is 0.277 e. The van der Waals surface area contributed by atoms with Crippen LogP contribution in [0.2, 0.25) is 0 Å². The highest BCUT2D eigenvalue weighted by atomic mass is 32.2. The number of hydrogen-bond donors (Lipinski definition) is 1. The molecule has 0 spiro atoms. The first kappa shape index (κ1) is 20.0. The van der Waals surface area contributed by atoms with E-state index in [1.165, 1.54) is 30.5 Å². The minimum atomic E-state index is -3.01. The van der Waals surface area contributed by atoms with Crippen LogP contribution in [0.3, 0.4) is 0 Å². The van der Waals surface area contributed by atoms with Crippen LogP contribution in [-0.4, -0.2) is 48.4 Å². The summed E-state index contributed by atoms with van der Waals surface area (Å²) in [5.74, 6) is -0.222. The van der Waals surface area contributed by atoms with E-state index in [9.17, 15) is 17.6 Å². The molecule has 0 bridgehead atoms. The van der Waals surface area contributed by atoms with Gasteiger partial charge in [0.05, 0.1) is 29.5 Å². The highest BCUT2D eigenvalue weighted by molar-refractivity contribution is 7.91. The van der Waals surface area contributed by atoms with E-state index in [1.54, 1.807) is 11.6 Å². The highest BCUT2D eigenvalue weighted by Gasteiger charge is 2.31. The second-order valence-corrected chi connectivity index (χ2v) is 8.85. The Morgan fingerprint density at radius 2 is 2.11 bits per heavy atom. The molecule has 28 heavy (non-hydrogen) atoms. The Labute approximate surface area is 162 Å². The first-order valence-corrected chi connectivity index (χ1v) is 10.5. The molecule has 1 saturated heterocycles. The topological polar surface area (TPSA) is 103 Å². The van der Waals surface area contributed by atoms with Crippen LogP contribution in [0.25, 0.3) is 0 Å². The first-order valence-electron chi connectivity index (χ1n) is 8.71. The van der Waals surface area contributed by atoms with Crippen molar-refractivity contribution in [2.24, 2.45) is 5.10 Å². The van der Waals surface area contributed by atoms with E-state index >= 15 is 0 Å². The lowest BCUT2D eigenvalue weighted by molar-refractivity contribution is -0.123. The molecule has 1 aliphatic rings. The third-order valence-corrected chi connectivity index (χ3v) is 6.25. The Kier molecular flexibility index (Phi) is 5.78. The summed E-state index contributed by atoms with van der Waals surface area (Å²) in [5.41, 5.74) is 4.57. The molecule has 1 fully saturated rings. The standard InChI is InChI=1S/C18H21FN4O4S/c1-12-17(13(2)23(22-12)15-7-8-28(25,26)11-15)9-20-21-18(24)10-27-16-5-3-14(19)4-6-16/h3-6,9,15H,7-8,10-11H2,1-2H3,(H,21,24)/b20-9-/t15-/m0/s1. The van der Waals surface area contributed by atoms with E-state index in [2.05, 4.69) is 15.6 Å². The molecular weight excluding hydrogens is 387 g/mol. The third kappa shape index (κ3) is 4.75. The second kappa shape index (κ2) is 8.09. The number of nitrogens with zero attached hydrogens (tertiary/aromatic N) is 3. The molecule has 1 aromatic heterocycles. The lowest BCUT2D eigenvalue weighted by atomic mass is 10.2. The van der Waals surface area contributed by atoms with Crippen molar-refractivity contribution in [2.75, 3.05) is 18.1 Å². The molecule has 1 aromatic carbocycles. The van der Waals surface area contributed by atoms with Crippen molar-refractivity contribution in [3.63, 3.8) is 0 Å². The van der Waals surface area contributed by atoms with Crippen LogP contribution in [0.15, 0.2) is 29.4 Å². The largest absolute Gasteiger partial charge is 0.484 e. The van der Waals surface area contributed by atoms with Gasteiger partial charge in [-0.1, -0.05) is 0 Å². The molecule has 1 amide bonds. The van der Waals surface area contributed by atoms with Crippen molar-refractivity contribution in [1.29, 1.82) is 0 Å². The number of hydrogen-bond acceptors (Lipinski definition) is 6. The molecule has 10 heteroatoms. The Balaban J connectivity index is 1.58. The molecule has 0 unspecified atom stereocenters. The second-order valence-electron chi connectivity index (χ2n) is 6.62. The number of carbonyl (C=O) groups is 1. The molecule has 2 aromatic rings. The van der Waals surface area contributed by atoms with Gasteiger partial charge >= 0.3 is 0 Å². The summed E-state index contributed by atoms with van der Waals surface area (Å²) in [5, 5.41) is 8.35. The fourth-order valence-corrected chi connectivity index (χ4v) is 4.76. The number of carbonyl (C=O) groups excluding carboxylic acids is 1. The molecule has 1 atom stereocenters. The van der Waals surface area contributed by atoms with Crippen molar-refractivity contribution in [1.82, 2.24) is 15.2 Å². The van der Waals surface area contributed by atoms with Gasteiger partial charge in [0.25, 0.3) is 5.91 Å². The maximum absolute atomic E-state index is 12.8. The SMILES string of the molecule is Cc1nn([C@H]2CCS(=O)(=O)C2)c(C)c1/C=N\NC(=O)COc1ccc(F)cc1. The number of hydrazone groups is 1. The van der Waals surface area contributed by atoms with Crippen molar-refractivity contribution >= 4 is 22.0 Å². The quantitative estimate of drug-likeness (QED) is 0.577. The summed E-state index contributed by atoms with van der Waals surface area (Å²) in [6.07, 6.45) is 2.02. The van der Waals surface area contributed by atoms with Gasteiger partial charge in [-0.15, -0.1) is 0 Å². The number of halogens is 1. The van der Waals surface area contributed by atoms with Crippen LogP contribution < -0.4 is 10.2 Å². The number of sulfone groups is 1. The van der Waals surface area contributed by atoms with E-state index in [0.717, 1.165) is 11.3 Å². The molecule has 0 saturated carbocycles. The van der Waals surface area contributed by atoms with Crippen LogP contribution in [0.5, 0.6) is 5.75 Å². The summed E-state index contributed by atoms with van der Waals surface area (Å²) in [6.45, 7) is 3.37. The Hall–Kier alpha value is -2.75. The summed E-state index contributed by atoms with van der Waals surface area (Å²) < 4.78 is 43.2. The van der Waals surface area contributed by atoms with Gasteiger partial charge in [0.1, 0.15) is 11.6 Å². The zero-order valence-electron chi connectivity index (χ0n) is 15.6. The van der Waals surface area contributed by atoms with E-state index in [0.29, 0.717) is 17.9 Å². The molecule has 1 aliphatic heterocycles. The monoisotopic (exact) mass is 408 g/mol. The lowest BCUT2D eigenvalue weighted by Crippen LogP contribution is -2.24. The van der Waals surface area contributed by atoms with Gasteiger partial charge in [-0.3, -0.25) is 9.48 Å². The minimum Gasteiger partial charge on any atom is -0.484 e. The van der Waals surface area contributed by atoms with Crippen LogP contribution in [0.4, 0.5) is 4.39 Å². The van der Waals surface area contributed by atoms with E-state index in [-0.39, 0.29) is 30.0 Å². The lowest BCUT2D eigenvalue weighted by Gasteiger charge is -2.10. The summed E-state index contributed by atoms with van der Waals surface area (Å²) in [4.78, 5) is 11.8. The van der Waals surface area contributed by atoms with Crippen molar-refractivity contribution in [3.05, 3.63) is 47.0 Å². The van der Waals surface area contributed by atoms with E-state index < -0.39 is 15.7 Å². The van der Waals surface area contributed by atoms with Crippen molar-refractivity contribution in [2.45, 2.75) is 26.3 Å². The van der Waals surface area contributed by atoms with E-state index in [4.69, 9.17) is 4.74 Å². The fourth-order valence-electron chi connectivity index (χ4n) is 3.07. The zero-order valence-corrected chi connectivity index (χ0v) is 16.4. The van der Waals surface area contributed by atoms with Gasteiger partial charge in [0.15, 0.2) is 16.4 Å². The summed E-state index contributed by atoms with van der Waals surface area (Å²) >= 11 is 0.